The topological polar surface area (TPSA) is 115 Å². The van der Waals surface area contributed by atoms with Crippen LogP contribution in [0.3, 0.4) is 0 Å². The molecule has 0 spiro atoms. The van der Waals surface area contributed by atoms with Gasteiger partial charge in [-0.05, 0) is 32.1 Å². The molecule has 2 unspecified atom stereocenters. The zero-order valence-electron chi connectivity index (χ0n) is 25.5. The number of unbranched alkanes of at least 4 members (excludes halogenated alkanes) is 15. The summed E-state index contributed by atoms with van der Waals surface area (Å²) in [6.07, 6.45) is 23.0. The molecule has 0 saturated carbocycles. The average Bonchev–Trinajstić information content (AvgIpc) is 2.88. The van der Waals surface area contributed by atoms with Crippen LogP contribution >= 0.6 is 0 Å². The molecule has 0 aromatic rings. The van der Waals surface area contributed by atoms with Gasteiger partial charge in [0.1, 0.15) is 0 Å². The summed E-state index contributed by atoms with van der Waals surface area (Å²) in [6.45, 7) is 15.1. The molecule has 7 nitrogen and oxygen atoms in total. The molecule has 0 amide bonds. The number of carbonyl (C=O) groups is 2. The van der Waals surface area contributed by atoms with Crippen molar-refractivity contribution >= 4 is 11.9 Å². The van der Waals surface area contributed by atoms with Crippen molar-refractivity contribution in [1.29, 1.82) is 0 Å². The zero-order chi connectivity index (χ0) is 29.1. The van der Waals surface area contributed by atoms with E-state index < -0.39 is 24.1 Å². The Hall–Kier alpha value is -1.18. The molecule has 0 aliphatic rings. The molecular formula is C31H64NO6+. The third-order valence-corrected chi connectivity index (χ3v) is 7.38. The fraction of sp³-hybridized carbons (Fsp3) is 0.935. The highest BCUT2D eigenvalue weighted by Crippen LogP contribution is 2.17. The van der Waals surface area contributed by atoms with Gasteiger partial charge >= 0.3 is 11.9 Å². The smallest absolute Gasteiger partial charge is 0.335 e. The van der Waals surface area contributed by atoms with Gasteiger partial charge in [0, 0.05) is 0 Å². The SMILES string of the molecule is CCCCCCCCCCCCCCCCCC[N+](CCC)(CCC)CCC.O=C(O)C(O)C(O)C(=O)O. The Morgan fingerprint density at radius 1 is 0.447 bits per heavy atom. The second-order valence-electron chi connectivity index (χ2n) is 11.1. The number of hydrogen-bond donors (Lipinski definition) is 4. The molecule has 0 rings (SSSR count). The lowest BCUT2D eigenvalue weighted by Crippen LogP contribution is -2.50. The molecule has 7 heteroatoms. The van der Waals surface area contributed by atoms with Crippen LogP contribution in [0, 0.1) is 0 Å². The van der Waals surface area contributed by atoms with Gasteiger partial charge in [0.25, 0.3) is 0 Å². The fourth-order valence-corrected chi connectivity index (χ4v) is 5.36. The summed E-state index contributed by atoms with van der Waals surface area (Å²) in [5, 5.41) is 32.5. The van der Waals surface area contributed by atoms with Crippen molar-refractivity contribution in [3.8, 4) is 0 Å². The Labute approximate surface area is 234 Å². The largest absolute Gasteiger partial charge is 0.479 e. The first-order chi connectivity index (χ1) is 18.2. The molecule has 0 aromatic heterocycles. The van der Waals surface area contributed by atoms with Crippen molar-refractivity contribution < 1.29 is 34.5 Å². The molecule has 0 fully saturated rings. The third-order valence-electron chi connectivity index (χ3n) is 7.38. The number of rotatable bonds is 26. The van der Waals surface area contributed by atoms with Crippen LogP contribution < -0.4 is 0 Å². The highest BCUT2D eigenvalue weighted by atomic mass is 16.4. The van der Waals surface area contributed by atoms with Gasteiger partial charge in [0.05, 0.1) is 26.2 Å². The van der Waals surface area contributed by atoms with Crippen LogP contribution in [-0.4, -0.2) is 75.2 Å². The molecule has 38 heavy (non-hydrogen) atoms. The van der Waals surface area contributed by atoms with E-state index in [1.54, 1.807) is 0 Å². The summed E-state index contributed by atoms with van der Waals surface area (Å²) in [5.41, 5.74) is 0. The van der Waals surface area contributed by atoms with Crippen molar-refractivity contribution in [1.82, 2.24) is 0 Å². The zero-order valence-corrected chi connectivity index (χ0v) is 25.5. The van der Waals surface area contributed by atoms with Crippen LogP contribution in [0.2, 0.25) is 0 Å². The first kappa shape index (κ1) is 39.0. The maximum Gasteiger partial charge on any atom is 0.335 e. The number of hydrogen-bond acceptors (Lipinski definition) is 4. The quantitative estimate of drug-likeness (QED) is 0.0675. The molecule has 0 bridgehead atoms. The lowest BCUT2D eigenvalue weighted by atomic mass is 10.0. The summed E-state index contributed by atoms with van der Waals surface area (Å²) in [6, 6.07) is 0. The van der Waals surface area contributed by atoms with Gasteiger partial charge < -0.3 is 24.9 Å². The van der Waals surface area contributed by atoms with Crippen molar-refractivity contribution in [3.63, 3.8) is 0 Å². The maximum absolute atomic E-state index is 9.77. The molecule has 0 heterocycles. The standard InChI is InChI=1S/C27H58N.C4H6O6/c1-5-9-10-11-12-13-14-15-16-17-18-19-20-21-22-23-27-28(24-6-2,25-7-3)26-8-4;5-1(3(7)8)2(6)4(9)10/h5-27H2,1-4H3;1-2,5-6H,(H,7,8)(H,9,10)/q+1;. The van der Waals surface area contributed by atoms with Gasteiger partial charge in [-0.2, -0.15) is 0 Å². The van der Waals surface area contributed by atoms with E-state index in [0.29, 0.717) is 0 Å². The van der Waals surface area contributed by atoms with Gasteiger partial charge in [0.15, 0.2) is 12.2 Å². The van der Waals surface area contributed by atoms with Crippen LogP contribution in [0.25, 0.3) is 0 Å². The van der Waals surface area contributed by atoms with E-state index in [1.807, 2.05) is 0 Å². The average molecular weight is 547 g/mol. The van der Waals surface area contributed by atoms with Crippen LogP contribution in [0.15, 0.2) is 0 Å². The van der Waals surface area contributed by atoms with E-state index in [0.717, 1.165) is 0 Å². The summed E-state index contributed by atoms with van der Waals surface area (Å²) < 4.78 is 1.40. The number of nitrogens with zero attached hydrogens (tertiary/aromatic N) is 1. The summed E-state index contributed by atoms with van der Waals surface area (Å²) in [4.78, 5) is 19.5. The van der Waals surface area contributed by atoms with Crippen molar-refractivity contribution in [2.75, 3.05) is 26.2 Å². The van der Waals surface area contributed by atoms with E-state index in [9.17, 15) is 9.59 Å². The highest BCUT2D eigenvalue weighted by molar-refractivity contribution is 5.83. The second-order valence-corrected chi connectivity index (χ2v) is 11.1. The summed E-state index contributed by atoms with van der Waals surface area (Å²) in [7, 11) is 0. The van der Waals surface area contributed by atoms with Gasteiger partial charge in [0.2, 0.25) is 0 Å². The van der Waals surface area contributed by atoms with Gasteiger partial charge in [-0.25, -0.2) is 9.59 Å². The molecule has 0 radical (unpaired) electrons. The van der Waals surface area contributed by atoms with Crippen molar-refractivity contribution in [2.45, 2.75) is 162 Å². The highest BCUT2D eigenvalue weighted by Gasteiger charge is 2.29. The Morgan fingerprint density at radius 2 is 0.711 bits per heavy atom. The molecular weight excluding hydrogens is 482 g/mol. The minimum Gasteiger partial charge on any atom is -0.479 e. The second kappa shape index (κ2) is 27.4. The lowest BCUT2D eigenvalue weighted by molar-refractivity contribution is -0.928. The van der Waals surface area contributed by atoms with Crippen LogP contribution in [0.4, 0.5) is 0 Å². The summed E-state index contributed by atoms with van der Waals surface area (Å²) >= 11 is 0. The summed E-state index contributed by atoms with van der Waals surface area (Å²) in [5.74, 6) is -3.54. The van der Waals surface area contributed by atoms with Gasteiger partial charge in [-0.1, -0.05) is 118 Å². The maximum atomic E-state index is 9.77. The Morgan fingerprint density at radius 3 is 0.947 bits per heavy atom. The van der Waals surface area contributed by atoms with Gasteiger partial charge in [-0.3, -0.25) is 0 Å². The molecule has 4 N–H and O–H groups in total. The third kappa shape index (κ3) is 22.8. The number of carboxylic acids is 2. The monoisotopic (exact) mass is 546 g/mol. The van der Waals surface area contributed by atoms with Gasteiger partial charge in [-0.15, -0.1) is 0 Å². The first-order valence-electron chi connectivity index (χ1n) is 15.9. The number of aliphatic hydroxyl groups is 2. The number of quaternary nitrogens is 1. The number of aliphatic hydroxyl groups excluding tert-OH is 2. The van der Waals surface area contributed by atoms with Crippen LogP contribution in [0.5, 0.6) is 0 Å². The van der Waals surface area contributed by atoms with E-state index in [1.165, 1.54) is 153 Å². The first-order valence-corrected chi connectivity index (χ1v) is 15.9. The predicted octanol–water partition coefficient (Wildman–Crippen LogP) is 7.17. The molecule has 0 aromatic carbocycles. The Bertz CT molecular complexity index is 507. The molecule has 0 saturated heterocycles. The minimum atomic E-state index is -2.27. The molecule has 2 atom stereocenters. The minimum absolute atomic E-state index is 1.35. The van der Waals surface area contributed by atoms with Crippen LogP contribution in [0.1, 0.15) is 150 Å². The Balaban J connectivity index is 0. The van der Waals surface area contributed by atoms with E-state index in [-0.39, 0.29) is 0 Å². The van der Waals surface area contributed by atoms with Crippen LogP contribution in [-0.2, 0) is 9.59 Å². The lowest BCUT2D eigenvalue weighted by Gasteiger charge is -2.38. The predicted molar refractivity (Wildman–Crippen MR) is 157 cm³/mol. The fourth-order valence-electron chi connectivity index (χ4n) is 5.36. The molecule has 228 valence electrons. The van der Waals surface area contributed by atoms with Crippen molar-refractivity contribution in [3.05, 3.63) is 0 Å². The van der Waals surface area contributed by atoms with E-state index >= 15 is 0 Å². The normalized spacial score (nSPS) is 13.0. The molecule has 0 aliphatic carbocycles. The Kier molecular flexibility index (Phi) is 28.1. The van der Waals surface area contributed by atoms with Crippen molar-refractivity contribution in [2.24, 2.45) is 0 Å². The van der Waals surface area contributed by atoms with E-state index in [4.69, 9.17) is 20.4 Å². The molecule has 0 aliphatic heterocycles. The number of carboxylic acid groups (broad SMARTS) is 2. The number of aliphatic carboxylic acids is 2. The van der Waals surface area contributed by atoms with E-state index in [2.05, 4.69) is 27.7 Å².